The van der Waals surface area contributed by atoms with Gasteiger partial charge in [0.2, 0.25) is 6.29 Å². The summed E-state index contributed by atoms with van der Waals surface area (Å²) >= 11 is 0. The van der Waals surface area contributed by atoms with E-state index in [1.165, 1.54) is 4.90 Å². The number of benzene rings is 1. The van der Waals surface area contributed by atoms with Gasteiger partial charge in [0.05, 0.1) is 17.8 Å². The molecule has 2 aliphatic rings. The third kappa shape index (κ3) is 2.61. The van der Waals surface area contributed by atoms with E-state index in [1.807, 2.05) is 61.5 Å². The molecule has 0 aliphatic carbocycles. The number of carbonyl (C=O) groups excluding carboxylic acids is 2. The highest BCUT2D eigenvalue weighted by atomic mass is 16.2. The fourth-order valence-corrected chi connectivity index (χ4v) is 3.02. The van der Waals surface area contributed by atoms with Crippen LogP contribution in [0.2, 0.25) is 0 Å². The molecule has 0 aromatic heterocycles. The summed E-state index contributed by atoms with van der Waals surface area (Å²) in [6.07, 6.45) is 5.88. The molecule has 0 fully saturated rings. The molecule has 6 heteroatoms. The average Bonchev–Trinajstić information content (AvgIpc) is 2.89. The van der Waals surface area contributed by atoms with Crippen molar-refractivity contribution >= 4 is 18.0 Å². The molecule has 0 unspecified atom stereocenters. The van der Waals surface area contributed by atoms with Crippen molar-refractivity contribution in [3.8, 4) is 0 Å². The van der Waals surface area contributed by atoms with Crippen LogP contribution in [-0.2, 0) is 4.79 Å². The highest BCUT2D eigenvalue weighted by Crippen LogP contribution is 2.41. The molecular weight excluding hydrogens is 304 g/mol. The number of nitrogens with two attached hydrogens (primary N) is 1. The number of nitrogens with zero attached hydrogens (tertiary/aromatic N) is 2. The van der Waals surface area contributed by atoms with Crippen LogP contribution < -0.4 is 11.3 Å². The number of allylic oxidation sites excluding steroid dienone is 3. The molecule has 123 valence electrons. The van der Waals surface area contributed by atoms with Crippen molar-refractivity contribution in [2.75, 3.05) is 6.54 Å². The largest absolute Gasteiger partial charge is 0.341 e. The summed E-state index contributed by atoms with van der Waals surface area (Å²) in [6.45, 7) is 4.62. The summed E-state index contributed by atoms with van der Waals surface area (Å²) < 4.78 is 0. The molecule has 0 saturated carbocycles. The predicted octanol–water partition coefficient (Wildman–Crippen LogP) is 2.17. The summed E-state index contributed by atoms with van der Waals surface area (Å²) in [7, 11) is 0. The Morgan fingerprint density at radius 3 is 2.58 bits per heavy atom. The van der Waals surface area contributed by atoms with Gasteiger partial charge in [-0.3, -0.25) is 10.2 Å². The van der Waals surface area contributed by atoms with Gasteiger partial charge in [-0.15, -0.1) is 0 Å². The summed E-state index contributed by atoms with van der Waals surface area (Å²) in [5, 5.41) is 0. The molecule has 2 aliphatic heterocycles. The van der Waals surface area contributed by atoms with Gasteiger partial charge in [-0.25, -0.2) is 15.5 Å². The van der Waals surface area contributed by atoms with Gasteiger partial charge in [0.15, 0.2) is 0 Å². The van der Waals surface area contributed by atoms with Crippen molar-refractivity contribution in [1.82, 2.24) is 15.2 Å². The van der Waals surface area contributed by atoms with Crippen molar-refractivity contribution in [1.29, 1.82) is 0 Å². The molecule has 0 atom stereocenters. The number of hydrogen-bond donors (Lipinski definition) is 2. The minimum absolute atomic E-state index is 0.0994. The Hall–Kier alpha value is -2.86. The van der Waals surface area contributed by atoms with Crippen LogP contribution >= 0.6 is 0 Å². The van der Waals surface area contributed by atoms with E-state index in [0.29, 0.717) is 18.1 Å². The first kappa shape index (κ1) is 16.0. The molecule has 1 aromatic carbocycles. The Morgan fingerprint density at radius 1 is 1.25 bits per heavy atom. The standard InChI is InChI=1S/C18H19N4O2/c1-12-3-6-14(7-4-12)17-15(9-10-23)21-11-13(2)5-8-16(21)22(17)18(24)20-19/h3-8H,9,11,19H2,1-2H3,(H,20,24). The first-order valence-corrected chi connectivity index (χ1v) is 7.67. The molecule has 3 N–H and O–H groups in total. The summed E-state index contributed by atoms with van der Waals surface area (Å²) in [5.41, 5.74) is 6.70. The van der Waals surface area contributed by atoms with E-state index in [4.69, 9.17) is 5.84 Å². The molecule has 1 radical (unpaired) electrons. The number of rotatable bonds is 3. The van der Waals surface area contributed by atoms with E-state index in [-0.39, 0.29) is 6.42 Å². The van der Waals surface area contributed by atoms with E-state index in [0.717, 1.165) is 22.4 Å². The number of fused-ring (bicyclic) bond motifs is 1. The van der Waals surface area contributed by atoms with Gasteiger partial charge >= 0.3 is 6.03 Å². The lowest BCUT2D eigenvalue weighted by atomic mass is 10.1. The number of aryl methyl sites for hydroxylation is 1. The normalized spacial score (nSPS) is 16.6. The van der Waals surface area contributed by atoms with Gasteiger partial charge < -0.3 is 4.90 Å². The molecule has 2 amide bonds. The molecule has 1 aromatic rings. The second-order valence-corrected chi connectivity index (χ2v) is 5.89. The number of carbonyl (C=O) groups is 1. The molecular formula is C18H19N4O2. The number of urea groups is 1. The van der Waals surface area contributed by atoms with E-state index in [1.54, 1.807) is 0 Å². The van der Waals surface area contributed by atoms with Crippen LogP contribution in [0.4, 0.5) is 4.79 Å². The zero-order valence-corrected chi connectivity index (χ0v) is 13.7. The lowest BCUT2D eigenvalue weighted by Gasteiger charge is -2.28. The van der Waals surface area contributed by atoms with Crippen LogP contribution in [0.1, 0.15) is 24.5 Å². The van der Waals surface area contributed by atoms with Crippen LogP contribution in [0.15, 0.2) is 53.5 Å². The van der Waals surface area contributed by atoms with Crippen LogP contribution in [0.5, 0.6) is 0 Å². The second-order valence-electron chi connectivity index (χ2n) is 5.89. The average molecular weight is 323 g/mol. The maximum atomic E-state index is 12.4. The van der Waals surface area contributed by atoms with Crippen molar-refractivity contribution in [2.45, 2.75) is 20.3 Å². The maximum Gasteiger partial charge on any atom is 0.341 e. The Bertz CT molecular complexity index is 775. The lowest BCUT2D eigenvalue weighted by molar-refractivity contribution is 0.221. The number of hydrazine groups is 1. The zero-order chi connectivity index (χ0) is 17.3. The summed E-state index contributed by atoms with van der Waals surface area (Å²) in [5.74, 6) is 6.07. The second kappa shape index (κ2) is 6.33. The minimum atomic E-state index is -0.448. The fraction of sp³-hybridized carbons (Fsp3) is 0.222. The number of nitrogens with one attached hydrogen (secondary N) is 1. The van der Waals surface area contributed by atoms with Crippen LogP contribution in [0.3, 0.4) is 0 Å². The molecule has 3 rings (SSSR count). The highest BCUT2D eigenvalue weighted by molar-refractivity contribution is 5.91. The molecule has 24 heavy (non-hydrogen) atoms. The monoisotopic (exact) mass is 323 g/mol. The van der Waals surface area contributed by atoms with Crippen molar-refractivity contribution < 1.29 is 9.59 Å². The van der Waals surface area contributed by atoms with Gasteiger partial charge in [0.1, 0.15) is 5.82 Å². The zero-order valence-electron chi connectivity index (χ0n) is 13.7. The van der Waals surface area contributed by atoms with E-state index in [2.05, 4.69) is 5.43 Å². The first-order valence-electron chi connectivity index (χ1n) is 7.67. The third-order valence-corrected chi connectivity index (χ3v) is 4.14. The van der Waals surface area contributed by atoms with Gasteiger partial charge in [-0.1, -0.05) is 41.5 Å². The lowest BCUT2D eigenvalue weighted by Crippen LogP contribution is -2.42. The van der Waals surface area contributed by atoms with Crippen molar-refractivity contribution in [3.63, 3.8) is 0 Å². The Labute approximate surface area is 140 Å². The smallest absolute Gasteiger partial charge is 0.324 e. The summed E-state index contributed by atoms with van der Waals surface area (Å²) in [6, 6.07) is 7.36. The fourth-order valence-electron chi connectivity index (χ4n) is 3.02. The maximum absolute atomic E-state index is 12.4. The minimum Gasteiger partial charge on any atom is -0.324 e. The molecule has 0 bridgehead atoms. The quantitative estimate of drug-likeness (QED) is 0.508. The number of amides is 2. The van der Waals surface area contributed by atoms with Gasteiger partial charge in [0.25, 0.3) is 0 Å². The SMILES string of the molecule is CC1=CC=C2N(C1)C(C[C]=O)=C(c1ccc(C)cc1)N2C(=O)NN. The van der Waals surface area contributed by atoms with Crippen LogP contribution in [0, 0.1) is 6.92 Å². The van der Waals surface area contributed by atoms with Gasteiger partial charge in [-0.2, -0.15) is 0 Å². The van der Waals surface area contributed by atoms with E-state index >= 15 is 0 Å². The predicted molar refractivity (Wildman–Crippen MR) is 91.5 cm³/mol. The van der Waals surface area contributed by atoms with Crippen molar-refractivity contribution in [3.05, 3.63) is 64.6 Å². The highest BCUT2D eigenvalue weighted by Gasteiger charge is 2.38. The Morgan fingerprint density at radius 2 is 1.96 bits per heavy atom. The molecule has 2 heterocycles. The molecule has 0 spiro atoms. The number of hydrogen-bond acceptors (Lipinski definition) is 4. The molecule has 0 saturated heterocycles. The van der Waals surface area contributed by atoms with Crippen LogP contribution in [-0.4, -0.2) is 28.7 Å². The Balaban J connectivity index is 2.19. The topological polar surface area (TPSA) is 78.7 Å². The molecule has 6 nitrogen and oxygen atoms in total. The summed E-state index contributed by atoms with van der Waals surface area (Å²) in [4.78, 5) is 27.0. The van der Waals surface area contributed by atoms with Crippen molar-refractivity contribution in [2.24, 2.45) is 5.84 Å². The van der Waals surface area contributed by atoms with Crippen LogP contribution in [0.25, 0.3) is 5.70 Å². The van der Waals surface area contributed by atoms with E-state index in [9.17, 15) is 9.59 Å². The Kier molecular flexibility index (Phi) is 4.22. The first-order chi connectivity index (χ1) is 11.6. The third-order valence-electron chi connectivity index (χ3n) is 4.14. The van der Waals surface area contributed by atoms with Gasteiger partial charge in [-0.05, 0) is 19.9 Å². The van der Waals surface area contributed by atoms with E-state index < -0.39 is 6.03 Å². The van der Waals surface area contributed by atoms with Gasteiger partial charge in [0, 0.05) is 12.1 Å².